The lowest BCUT2D eigenvalue weighted by atomic mass is 10.0. The lowest BCUT2D eigenvalue weighted by Gasteiger charge is -2.06. The molecular weight excluding hydrogens is 375 g/mol. The molecule has 0 aromatic heterocycles. The van der Waals surface area contributed by atoms with Gasteiger partial charge in [-0.15, -0.1) is 0 Å². The molecule has 0 fully saturated rings. The molecule has 1 atom stereocenters. The lowest BCUT2D eigenvalue weighted by molar-refractivity contribution is -0.142. The van der Waals surface area contributed by atoms with Crippen molar-refractivity contribution in [1.29, 1.82) is 0 Å². The zero-order valence-corrected chi connectivity index (χ0v) is 11.7. The maximum atomic E-state index is 11.5. The summed E-state index contributed by atoms with van der Waals surface area (Å²) >= 11 is 5.59. The van der Waals surface area contributed by atoms with Gasteiger partial charge in [0, 0.05) is 10.0 Å². The van der Waals surface area contributed by atoms with E-state index in [2.05, 4.69) is 38.5 Å². The number of rotatable bonds is 1. The number of hydrogen-bond acceptors (Lipinski definition) is 3. The second-order valence-electron chi connectivity index (χ2n) is 3.19. The van der Waals surface area contributed by atoms with E-state index in [1.165, 1.54) is 7.11 Å². The van der Waals surface area contributed by atoms with Gasteiger partial charge in [0.05, 0.1) is 10.7 Å². The predicted molar refractivity (Wildman–Crippen MR) is 67.1 cm³/mol. The Balaban J connectivity index is 2.46. The fraction of sp³-hybridized carbons (Fsp3) is 0.300. The zero-order chi connectivity index (χ0) is 11.0. The molecule has 0 saturated heterocycles. The largest absolute Gasteiger partial charge is 0.491 e. The Hall–Kier alpha value is -0.300. The first kappa shape index (κ1) is 11.2. The van der Waals surface area contributed by atoms with E-state index in [4.69, 9.17) is 9.47 Å². The average molecular weight is 383 g/mol. The minimum atomic E-state index is -0.295. The molecule has 1 aliphatic heterocycles. The van der Waals surface area contributed by atoms with Crippen LogP contribution in [-0.4, -0.2) is 19.7 Å². The molecule has 1 aromatic carbocycles. The molecule has 0 spiro atoms. The van der Waals surface area contributed by atoms with Crippen molar-refractivity contribution in [2.45, 2.75) is 5.92 Å². The highest BCUT2D eigenvalue weighted by Crippen LogP contribution is 2.40. The third kappa shape index (κ3) is 1.99. The number of fused-ring (bicyclic) bond motifs is 1. The quantitative estimate of drug-likeness (QED) is 0.553. The first-order valence-electron chi connectivity index (χ1n) is 4.33. The van der Waals surface area contributed by atoms with Crippen LogP contribution in [0.15, 0.2) is 16.6 Å². The molecule has 0 N–H and O–H groups in total. The summed E-state index contributed by atoms with van der Waals surface area (Å²) in [5, 5.41) is 0. The number of methoxy groups -OCH3 is 1. The van der Waals surface area contributed by atoms with Crippen LogP contribution in [-0.2, 0) is 9.53 Å². The average Bonchev–Trinajstić information content (AvgIpc) is 2.60. The van der Waals surface area contributed by atoms with Crippen LogP contribution in [0.25, 0.3) is 0 Å². The molecule has 5 heteroatoms. The Bertz CT molecular complexity index is 419. The van der Waals surface area contributed by atoms with Gasteiger partial charge in [-0.3, -0.25) is 4.79 Å². The number of hydrogen-bond donors (Lipinski definition) is 0. The smallest absolute Gasteiger partial charge is 0.316 e. The van der Waals surface area contributed by atoms with Crippen molar-refractivity contribution in [1.82, 2.24) is 0 Å². The van der Waals surface area contributed by atoms with Gasteiger partial charge in [-0.05, 0) is 34.7 Å². The SMILES string of the molecule is COC(=O)C1COc2c(I)cc(Br)cc21. The summed E-state index contributed by atoms with van der Waals surface area (Å²) in [6.45, 7) is 0.370. The van der Waals surface area contributed by atoms with Gasteiger partial charge < -0.3 is 9.47 Å². The molecule has 0 aliphatic carbocycles. The summed E-state index contributed by atoms with van der Waals surface area (Å²) in [7, 11) is 1.39. The number of benzene rings is 1. The van der Waals surface area contributed by atoms with E-state index in [9.17, 15) is 4.79 Å². The van der Waals surface area contributed by atoms with Crippen molar-refractivity contribution in [2.24, 2.45) is 0 Å². The Morgan fingerprint density at radius 2 is 2.40 bits per heavy atom. The molecule has 1 heterocycles. The van der Waals surface area contributed by atoms with E-state index in [0.29, 0.717) is 6.61 Å². The number of esters is 1. The van der Waals surface area contributed by atoms with Crippen LogP contribution >= 0.6 is 38.5 Å². The number of halogens is 2. The maximum Gasteiger partial charge on any atom is 0.316 e. The fourth-order valence-corrected chi connectivity index (χ4v) is 3.29. The molecule has 2 rings (SSSR count). The first-order valence-corrected chi connectivity index (χ1v) is 6.20. The van der Waals surface area contributed by atoms with Gasteiger partial charge in [0.1, 0.15) is 18.3 Å². The lowest BCUT2D eigenvalue weighted by Crippen LogP contribution is -2.15. The van der Waals surface area contributed by atoms with Crippen LogP contribution < -0.4 is 4.74 Å². The van der Waals surface area contributed by atoms with Crippen molar-refractivity contribution in [3.63, 3.8) is 0 Å². The number of carbonyl (C=O) groups is 1. The summed E-state index contributed by atoms with van der Waals surface area (Å²) in [6.07, 6.45) is 0. The first-order chi connectivity index (χ1) is 7.13. The van der Waals surface area contributed by atoms with Crippen molar-refractivity contribution in [2.75, 3.05) is 13.7 Å². The minimum Gasteiger partial charge on any atom is -0.491 e. The van der Waals surface area contributed by atoms with Gasteiger partial charge in [-0.25, -0.2) is 0 Å². The maximum absolute atomic E-state index is 11.5. The Labute approximate surface area is 109 Å². The summed E-state index contributed by atoms with van der Waals surface area (Å²) in [5.41, 5.74) is 0.903. The van der Waals surface area contributed by atoms with Crippen LogP contribution in [0.1, 0.15) is 11.5 Å². The van der Waals surface area contributed by atoms with E-state index in [1.54, 1.807) is 0 Å². The van der Waals surface area contributed by atoms with Crippen molar-refractivity contribution in [3.8, 4) is 5.75 Å². The molecular formula is C10H8BrIO3. The van der Waals surface area contributed by atoms with Crippen LogP contribution in [0, 0.1) is 3.57 Å². The minimum absolute atomic E-state index is 0.248. The van der Waals surface area contributed by atoms with Crippen LogP contribution in [0.5, 0.6) is 5.75 Å². The number of ether oxygens (including phenoxy) is 2. The second kappa shape index (κ2) is 4.29. The third-order valence-electron chi connectivity index (χ3n) is 2.29. The van der Waals surface area contributed by atoms with Crippen molar-refractivity contribution < 1.29 is 14.3 Å². The van der Waals surface area contributed by atoms with E-state index >= 15 is 0 Å². The molecule has 80 valence electrons. The van der Waals surface area contributed by atoms with Gasteiger partial charge in [0.25, 0.3) is 0 Å². The topological polar surface area (TPSA) is 35.5 Å². The van der Waals surface area contributed by atoms with E-state index < -0.39 is 0 Å². The molecule has 0 amide bonds. The number of carbonyl (C=O) groups excluding carboxylic acids is 1. The molecule has 3 nitrogen and oxygen atoms in total. The predicted octanol–water partition coefficient (Wildman–Crippen LogP) is 2.70. The van der Waals surface area contributed by atoms with Crippen molar-refractivity contribution >= 4 is 44.5 Å². The Morgan fingerprint density at radius 3 is 3.07 bits per heavy atom. The van der Waals surface area contributed by atoms with Gasteiger partial charge in [-0.1, -0.05) is 15.9 Å². The summed E-state index contributed by atoms with van der Waals surface area (Å²) in [6, 6.07) is 3.87. The standard InChI is InChI=1S/C10H8BrIO3/c1-14-10(13)7-4-15-9-6(7)2-5(11)3-8(9)12/h2-3,7H,4H2,1H3. The molecule has 1 aromatic rings. The summed E-state index contributed by atoms with van der Waals surface area (Å²) in [4.78, 5) is 11.5. The molecule has 0 saturated carbocycles. The summed E-state index contributed by atoms with van der Waals surface area (Å²) in [5.74, 6) is 0.257. The molecule has 1 unspecified atom stereocenters. The molecule has 0 bridgehead atoms. The van der Waals surface area contributed by atoms with Gasteiger partial charge >= 0.3 is 5.97 Å². The zero-order valence-electron chi connectivity index (χ0n) is 7.92. The Morgan fingerprint density at radius 1 is 1.67 bits per heavy atom. The van der Waals surface area contributed by atoms with Crippen LogP contribution in [0.3, 0.4) is 0 Å². The molecule has 1 aliphatic rings. The molecule has 0 radical (unpaired) electrons. The highest BCUT2D eigenvalue weighted by molar-refractivity contribution is 14.1. The fourth-order valence-electron chi connectivity index (χ4n) is 1.59. The van der Waals surface area contributed by atoms with E-state index in [1.807, 2.05) is 12.1 Å². The van der Waals surface area contributed by atoms with Crippen molar-refractivity contribution in [3.05, 3.63) is 25.7 Å². The highest BCUT2D eigenvalue weighted by atomic mass is 127. The summed E-state index contributed by atoms with van der Waals surface area (Å²) < 4.78 is 12.2. The van der Waals surface area contributed by atoms with Gasteiger partial charge in [0.15, 0.2) is 0 Å². The van der Waals surface area contributed by atoms with Gasteiger partial charge in [-0.2, -0.15) is 0 Å². The van der Waals surface area contributed by atoms with Gasteiger partial charge in [0.2, 0.25) is 0 Å². The van der Waals surface area contributed by atoms with E-state index in [0.717, 1.165) is 19.4 Å². The second-order valence-corrected chi connectivity index (χ2v) is 5.27. The normalized spacial score (nSPS) is 18.2. The third-order valence-corrected chi connectivity index (χ3v) is 3.55. The highest BCUT2D eigenvalue weighted by Gasteiger charge is 2.32. The Kier molecular flexibility index (Phi) is 3.20. The monoisotopic (exact) mass is 382 g/mol. The van der Waals surface area contributed by atoms with Crippen LogP contribution in [0.2, 0.25) is 0 Å². The van der Waals surface area contributed by atoms with Crippen LogP contribution in [0.4, 0.5) is 0 Å². The van der Waals surface area contributed by atoms with E-state index in [-0.39, 0.29) is 11.9 Å². The molecule has 15 heavy (non-hydrogen) atoms.